The molecule has 1 aromatic carbocycles. The summed E-state index contributed by atoms with van der Waals surface area (Å²) in [4.78, 5) is 35.8. The summed E-state index contributed by atoms with van der Waals surface area (Å²) >= 11 is 0. The number of fused-ring (bicyclic) bond motifs is 1. The first-order valence-corrected chi connectivity index (χ1v) is 10.3. The zero-order valence-corrected chi connectivity index (χ0v) is 18.0. The van der Waals surface area contributed by atoms with E-state index in [1.807, 2.05) is 0 Å². The maximum Gasteiger partial charge on any atom is 0.307 e. The maximum absolute atomic E-state index is 13.3. The molecule has 0 spiro atoms. The Morgan fingerprint density at radius 3 is 2.72 bits per heavy atom. The number of hydrogen-bond acceptors (Lipinski definition) is 7. The monoisotopic (exact) mass is 436 g/mol. The molecule has 0 unspecified atom stereocenters. The van der Waals surface area contributed by atoms with E-state index >= 15 is 0 Å². The standard InChI is InChI=1S/C22H24N6O4/c1-3-4-11-28-18-19(24-21(28)27-12-9-23-10-13-27)25-22(26(2)20(18)31)32-16-8-6-5-7-15(16)14-17(29)30/h5-8,23H,9-14H2,1-2H3,(H,29,30). The van der Waals surface area contributed by atoms with Gasteiger partial charge in [-0.05, 0) is 13.0 Å². The smallest absolute Gasteiger partial charge is 0.307 e. The number of ether oxygens (including phenoxy) is 1. The van der Waals surface area contributed by atoms with Crippen LogP contribution in [0.1, 0.15) is 12.5 Å². The number of carboxylic acid groups (broad SMARTS) is 1. The van der Waals surface area contributed by atoms with Crippen molar-refractivity contribution in [2.45, 2.75) is 19.9 Å². The molecule has 0 atom stereocenters. The second kappa shape index (κ2) is 9.11. The van der Waals surface area contributed by atoms with Gasteiger partial charge < -0.3 is 20.1 Å². The van der Waals surface area contributed by atoms with Gasteiger partial charge in [0.1, 0.15) is 5.75 Å². The molecule has 1 aliphatic heterocycles. The van der Waals surface area contributed by atoms with Gasteiger partial charge in [-0.3, -0.25) is 18.7 Å². The molecular weight excluding hydrogens is 412 g/mol. The van der Waals surface area contributed by atoms with E-state index in [0.29, 0.717) is 29.3 Å². The fourth-order valence-corrected chi connectivity index (χ4v) is 3.65. The summed E-state index contributed by atoms with van der Waals surface area (Å²) in [5, 5.41) is 12.5. The lowest BCUT2D eigenvalue weighted by molar-refractivity contribution is -0.136. The van der Waals surface area contributed by atoms with Crippen LogP contribution in [-0.2, 0) is 24.8 Å². The molecule has 0 radical (unpaired) electrons. The third-order valence-corrected chi connectivity index (χ3v) is 5.25. The number of para-hydroxylation sites is 1. The van der Waals surface area contributed by atoms with Crippen LogP contribution in [0.2, 0.25) is 0 Å². The fraction of sp³-hybridized carbons (Fsp3) is 0.364. The Labute approximate surface area is 184 Å². The number of benzene rings is 1. The van der Waals surface area contributed by atoms with Crippen LogP contribution in [0.5, 0.6) is 11.8 Å². The van der Waals surface area contributed by atoms with E-state index < -0.39 is 5.97 Å². The molecular formula is C22H24N6O4. The second-order valence-corrected chi connectivity index (χ2v) is 7.37. The quantitative estimate of drug-likeness (QED) is 0.550. The Hall–Kier alpha value is -3.84. The van der Waals surface area contributed by atoms with Crippen molar-refractivity contribution in [1.29, 1.82) is 0 Å². The van der Waals surface area contributed by atoms with Gasteiger partial charge in [0, 0.05) is 38.8 Å². The van der Waals surface area contributed by atoms with E-state index in [0.717, 1.165) is 26.2 Å². The van der Waals surface area contributed by atoms with Gasteiger partial charge in [-0.15, -0.1) is 5.92 Å². The Balaban J connectivity index is 1.81. The number of nitrogens with zero attached hydrogens (tertiary/aromatic N) is 5. The molecule has 0 bridgehead atoms. The van der Waals surface area contributed by atoms with Gasteiger partial charge in [0.2, 0.25) is 5.95 Å². The third-order valence-electron chi connectivity index (χ3n) is 5.25. The number of aromatic nitrogens is 4. The number of hydrogen-bond donors (Lipinski definition) is 2. The number of anilines is 1. The molecule has 1 saturated heterocycles. The zero-order valence-electron chi connectivity index (χ0n) is 18.0. The van der Waals surface area contributed by atoms with Crippen LogP contribution >= 0.6 is 0 Å². The van der Waals surface area contributed by atoms with Gasteiger partial charge in [0.05, 0.1) is 13.0 Å². The Morgan fingerprint density at radius 2 is 2.00 bits per heavy atom. The topological polar surface area (TPSA) is 115 Å². The number of nitrogens with one attached hydrogen (secondary N) is 1. The number of aliphatic carboxylic acids is 1. The Kier molecular flexibility index (Phi) is 6.09. The summed E-state index contributed by atoms with van der Waals surface area (Å²) in [5.74, 6) is 5.89. The van der Waals surface area contributed by atoms with Gasteiger partial charge in [0.25, 0.3) is 5.56 Å². The van der Waals surface area contributed by atoms with Crippen molar-refractivity contribution in [3.63, 3.8) is 0 Å². The van der Waals surface area contributed by atoms with Crippen LogP contribution in [0.4, 0.5) is 5.95 Å². The van der Waals surface area contributed by atoms with Crippen LogP contribution in [0.3, 0.4) is 0 Å². The summed E-state index contributed by atoms with van der Waals surface area (Å²) in [6, 6.07) is 6.82. The van der Waals surface area contributed by atoms with Crippen LogP contribution in [0.25, 0.3) is 11.2 Å². The Bertz CT molecular complexity index is 1280. The first kappa shape index (κ1) is 21.4. The first-order chi connectivity index (χ1) is 15.5. The highest BCUT2D eigenvalue weighted by Crippen LogP contribution is 2.26. The highest BCUT2D eigenvalue weighted by atomic mass is 16.5. The molecule has 2 N–H and O–H groups in total. The molecule has 166 valence electrons. The molecule has 4 rings (SSSR count). The molecule has 0 saturated carbocycles. The van der Waals surface area contributed by atoms with E-state index in [1.54, 1.807) is 42.8 Å². The van der Waals surface area contributed by atoms with Crippen molar-refractivity contribution in [1.82, 2.24) is 24.4 Å². The van der Waals surface area contributed by atoms with E-state index in [2.05, 4.69) is 32.0 Å². The maximum atomic E-state index is 13.3. The summed E-state index contributed by atoms with van der Waals surface area (Å²) in [5.41, 5.74) is 0.798. The summed E-state index contributed by atoms with van der Waals surface area (Å²) in [6.45, 7) is 5.24. The van der Waals surface area contributed by atoms with Gasteiger partial charge in [-0.25, -0.2) is 0 Å². The van der Waals surface area contributed by atoms with Crippen LogP contribution < -0.4 is 20.5 Å². The van der Waals surface area contributed by atoms with E-state index in [4.69, 9.17) is 9.84 Å². The summed E-state index contributed by atoms with van der Waals surface area (Å²) in [7, 11) is 1.57. The predicted molar refractivity (Wildman–Crippen MR) is 119 cm³/mol. The number of carboxylic acids is 1. The van der Waals surface area contributed by atoms with Crippen molar-refractivity contribution in [3.8, 4) is 23.6 Å². The van der Waals surface area contributed by atoms with Crippen molar-refractivity contribution < 1.29 is 14.6 Å². The van der Waals surface area contributed by atoms with Crippen molar-refractivity contribution in [3.05, 3.63) is 40.2 Å². The normalized spacial score (nSPS) is 13.6. The molecule has 3 aromatic rings. The Morgan fingerprint density at radius 1 is 1.25 bits per heavy atom. The summed E-state index contributed by atoms with van der Waals surface area (Å²) < 4.78 is 9.00. The van der Waals surface area contributed by atoms with Crippen LogP contribution in [0.15, 0.2) is 29.1 Å². The van der Waals surface area contributed by atoms with Gasteiger partial charge in [-0.2, -0.15) is 9.97 Å². The van der Waals surface area contributed by atoms with Gasteiger partial charge >= 0.3 is 12.0 Å². The van der Waals surface area contributed by atoms with Crippen molar-refractivity contribution >= 4 is 23.1 Å². The van der Waals surface area contributed by atoms with Crippen molar-refractivity contribution in [2.75, 3.05) is 31.1 Å². The summed E-state index contributed by atoms with van der Waals surface area (Å²) in [6.07, 6.45) is -0.205. The number of rotatable bonds is 6. The SMILES string of the molecule is CC#CCn1c(N2CCNCC2)nc2nc(Oc3ccccc3CC(=O)O)n(C)c(=O)c21. The predicted octanol–water partition coefficient (Wildman–Crippen LogP) is 0.982. The van der Waals surface area contributed by atoms with E-state index in [9.17, 15) is 9.59 Å². The number of piperazine rings is 1. The highest BCUT2D eigenvalue weighted by molar-refractivity contribution is 5.75. The lowest BCUT2D eigenvalue weighted by Crippen LogP contribution is -2.44. The molecule has 1 aliphatic rings. The molecule has 10 nitrogen and oxygen atoms in total. The molecule has 3 heterocycles. The van der Waals surface area contributed by atoms with Gasteiger partial charge in [0.15, 0.2) is 11.2 Å². The molecule has 10 heteroatoms. The average molecular weight is 436 g/mol. The van der Waals surface area contributed by atoms with Crippen LogP contribution in [-0.4, -0.2) is 56.4 Å². The average Bonchev–Trinajstić information content (AvgIpc) is 3.15. The van der Waals surface area contributed by atoms with Crippen molar-refractivity contribution in [2.24, 2.45) is 7.05 Å². The molecule has 0 aliphatic carbocycles. The number of carbonyl (C=O) groups is 1. The lowest BCUT2D eigenvalue weighted by Gasteiger charge is -2.28. The third kappa shape index (κ3) is 4.15. The molecule has 32 heavy (non-hydrogen) atoms. The molecule has 2 aromatic heterocycles. The highest BCUT2D eigenvalue weighted by Gasteiger charge is 2.23. The first-order valence-electron chi connectivity index (χ1n) is 10.3. The number of imidazole rings is 1. The lowest BCUT2D eigenvalue weighted by atomic mass is 10.1. The zero-order chi connectivity index (χ0) is 22.7. The minimum absolute atomic E-state index is 0.0402. The van der Waals surface area contributed by atoms with E-state index in [-0.39, 0.29) is 23.6 Å². The van der Waals surface area contributed by atoms with Gasteiger partial charge in [-0.1, -0.05) is 24.1 Å². The fourth-order valence-electron chi connectivity index (χ4n) is 3.65. The van der Waals surface area contributed by atoms with E-state index in [1.165, 1.54) is 4.57 Å². The molecule has 1 fully saturated rings. The largest absolute Gasteiger partial charge is 0.481 e. The minimum Gasteiger partial charge on any atom is -0.481 e. The minimum atomic E-state index is -0.977. The molecule has 0 amide bonds. The second-order valence-electron chi connectivity index (χ2n) is 7.37. The van der Waals surface area contributed by atoms with Crippen LogP contribution in [0, 0.1) is 11.8 Å².